The molecule has 0 N–H and O–H groups in total. The maximum atomic E-state index is 13.6. The highest BCUT2D eigenvalue weighted by molar-refractivity contribution is 14.1. The van der Waals surface area contributed by atoms with Crippen molar-refractivity contribution < 1.29 is 4.39 Å². The molecule has 0 amide bonds. The summed E-state index contributed by atoms with van der Waals surface area (Å²) in [6, 6.07) is 9.42. The molecular formula is C11H7FIN. The standard InChI is InChI=1S/C11H7FIN/c12-11-9(6-14-7-10(11)13)8-4-2-1-3-5-8/h1-7H. The van der Waals surface area contributed by atoms with Gasteiger partial charge in [-0.3, -0.25) is 4.98 Å². The van der Waals surface area contributed by atoms with Crippen LogP contribution in [0.2, 0.25) is 0 Å². The van der Waals surface area contributed by atoms with Gasteiger partial charge in [0.05, 0.1) is 3.57 Å². The number of halogens is 2. The third kappa shape index (κ3) is 1.77. The number of pyridine rings is 1. The summed E-state index contributed by atoms with van der Waals surface area (Å²) in [4.78, 5) is 3.97. The zero-order valence-corrected chi connectivity index (χ0v) is 9.40. The van der Waals surface area contributed by atoms with Crippen molar-refractivity contribution in [2.45, 2.75) is 0 Å². The second-order valence-electron chi connectivity index (χ2n) is 2.85. The Morgan fingerprint density at radius 3 is 2.50 bits per heavy atom. The van der Waals surface area contributed by atoms with Crippen molar-refractivity contribution in [3.05, 3.63) is 52.1 Å². The largest absolute Gasteiger partial charge is 0.263 e. The molecule has 70 valence electrons. The number of benzene rings is 1. The van der Waals surface area contributed by atoms with Gasteiger partial charge in [0, 0.05) is 18.0 Å². The molecule has 0 aliphatic rings. The third-order valence-electron chi connectivity index (χ3n) is 1.92. The molecule has 0 bridgehead atoms. The highest BCUT2D eigenvalue weighted by Gasteiger charge is 2.07. The Morgan fingerprint density at radius 2 is 1.79 bits per heavy atom. The number of hydrogen-bond donors (Lipinski definition) is 0. The Kier molecular flexibility index (Phi) is 2.77. The zero-order valence-electron chi connectivity index (χ0n) is 7.24. The monoisotopic (exact) mass is 299 g/mol. The molecule has 1 aromatic heterocycles. The Balaban J connectivity index is 2.58. The van der Waals surface area contributed by atoms with Crippen LogP contribution in [0.4, 0.5) is 4.39 Å². The topological polar surface area (TPSA) is 12.9 Å². The number of aromatic nitrogens is 1. The molecule has 1 nitrogen and oxygen atoms in total. The molecule has 0 saturated carbocycles. The van der Waals surface area contributed by atoms with Gasteiger partial charge in [-0.1, -0.05) is 30.3 Å². The first-order valence-corrected chi connectivity index (χ1v) is 5.21. The van der Waals surface area contributed by atoms with Crippen molar-refractivity contribution in [2.75, 3.05) is 0 Å². The van der Waals surface area contributed by atoms with Gasteiger partial charge in [0.15, 0.2) is 0 Å². The predicted molar refractivity (Wildman–Crippen MR) is 62.3 cm³/mol. The maximum Gasteiger partial charge on any atom is 0.147 e. The van der Waals surface area contributed by atoms with E-state index in [1.807, 2.05) is 52.9 Å². The first-order valence-electron chi connectivity index (χ1n) is 4.13. The van der Waals surface area contributed by atoms with Gasteiger partial charge < -0.3 is 0 Å². The van der Waals surface area contributed by atoms with Gasteiger partial charge >= 0.3 is 0 Å². The first kappa shape index (κ1) is 9.58. The highest BCUT2D eigenvalue weighted by atomic mass is 127. The molecule has 2 rings (SSSR count). The summed E-state index contributed by atoms with van der Waals surface area (Å²) in [5.41, 5.74) is 1.41. The van der Waals surface area contributed by atoms with E-state index in [9.17, 15) is 4.39 Å². The van der Waals surface area contributed by atoms with Crippen LogP contribution in [0.1, 0.15) is 0 Å². The van der Waals surface area contributed by atoms with E-state index in [0.717, 1.165) is 5.56 Å². The molecule has 0 radical (unpaired) electrons. The van der Waals surface area contributed by atoms with Crippen LogP contribution >= 0.6 is 22.6 Å². The molecule has 1 aromatic carbocycles. The smallest absolute Gasteiger partial charge is 0.147 e. The van der Waals surface area contributed by atoms with Crippen molar-refractivity contribution in [2.24, 2.45) is 0 Å². The van der Waals surface area contributed by atoms with Crippen molar-refractivity contribution in [3.8, 4) is 11.1 Å². The lowest BCUT2D eigenvalue weighted by Gasteiger charge is -2.03. The van der Waals surface area contributed by atoms with Crippen molar-refractivity contribution in [3.63, 3.8) is 0 Å². The molecular weight excluding hydrogens is 292 g/mol. The van der Waals surface area contributed by atoms with E-state index < -0.39 is 0 Å². The molecule has 0 spiro atoms. The fourth-order valence-electron chi connectivity index (χ4n) is 1.24. The van der Waals surface area contributed by atoms with Crippen LogP contribution in [-0.2, 0) is 0 Å². The second kappa shape index (κ2) is 4.04. The van der Waals surface area contributed by atoms with Gasteiger partial charge in [0.25, 0.3) is 0 Å². The van der Waals surface area contributed by atoms with E-state index in [1.54, 1.807) is 6.20 Å². The maximum absolute atomic E-state index is 13.6. The highest BCUT2D eigenvalue weighted by Crippen LogP contribution is 2.24. The molecule has 2 aromatic rings. The van der Waals surface area contributed by atoms with Crippen LogP contribution in [0.25, 0.3) is 11.1 Å². The minimum Gasteiger partial charge on any atom is -0.263 e. The molecule has 0 saturated heterocycles. The lowest BCUT2D eigenvalue weighted by atomic mass is 10.1. The Morgan fingerprint density at radius 1 is 1.07 bits per heavy atom. The van der Waals surface area contributed by atoms with Gasteiger partial charge in [-0.2, -0.15) is 0 Å². The van der Waals surface area contributed by atoms with Gasteiger partial charge in [-0.25, -0.2) is 4.39 Å². The van der Waals surface area contributed by atoms with E-state index in [2.05, 4.69) is 4.98 Å². The number of hydrogen-bond acceptors (Lipinski definition) is 1. The first-order chi connectivity index (χ1) is 6.79. The lowest BCUT2D eigenvalue weighted by Crippen LogP contribution is -1.89. The summed E-state index contributed by atoms with van der Waals surface area (Å²) >= 11 is 1.94. The summed E-state index contributed by atoms with van der Waals surface area (Å²) in [5.74, 6) is -0.202. The summed E-state index contributed by atoms with van der Waals surface area (Å²) in [6.45, 7) is 0. The number of nitrogens with zero attached hydrogens (tertiary/aromatic N) is 1. The molecule has 0 fully saturated rings. The van der Waals surface area contributed by atoms with Crippen molar-refractivity contribution in [1.29, 1.82) is 0 Å². The van der Waals surface area contributed by atoms with Crippen molar-refractivity contribution in [1.82, 2.24) is 4.98 Å². The molecule has 0 aliphatic carbocycles. The van der Waals surface area contributed by atoms with E-state index in [0.29, 0.717) is 9.13 Å². The fraction of sp³-hybridized carbons (Fsp3) is 0. The van der Waals surface area contributed by atoms with E-state index in [4.69, 9.17) is 0 Å². The summed E-state index contributed by atoms with van der Waals surface area (Å²) in [5, 5.41) is 0. The fourth-order valence-corrected chi connectivity index (χ4v) is 1.69. The molecule has 3 heteroatoms. The molecule has 14 heavy (non-hydrogen) atoms. The Labute approximate surface area is 95.1 Å². The van der Waals surface area contributed by atoms with Gasteiger partial charge in [-0.05, 0) is 28.2 Å². The summed E-state index contributed by atoms with van der Waals surface area (Å²) in [6.07, 6.45) is 3.06. The minimum atomic E-state index is -0.202. The average molecular weight is 299 g/mol. The minimum absolute atomic E-state index is 0.202. The normalized spacial score (nSPS) is 10.1. The van der Waals surface area contributed by atoms with E-state index in [-0.39, 0.29) is 5.82 Å². The SMILES string of the molecule is Fc1c(I)cncc1-c1ccccc1. The van der Waals surface area contributed by atoms with Crippen LogP contribution in [0.15, 0.2) is 42.7 Å². The number of rotatable bonds is 1. The summed E-state index contributed by atoms with van der Waals surface area (Å²) < 4.78 is 14.2. The zero-order chi connectivity index (χ0) is 9.97. The van der Waals surface area contributed by atoms with Crippen LogP contribution in [-0.4, -0.2) is 4.98 Å². The van der Waals surface area contributed by atoms with Crippen LogP contribution in [0, 0.1) is 9.39 Å². The van der Waals surface area contributed by atoms with Crippen LogP contribution in [0.5, 0.6) is 0 Å². The van der Waals surface area contributed by atoms with E-state index >= 15 is 0 Å². The van der Waals surface area contributed by atoms with Gasteiger partial charge in [0.1, 0.15) is 5.82 Å². The van der Waals surface area contributed by atoms with Crippen molar-refractivity contribution >= 4 is 22.6 Å². The van der Waals surface area contributed by atoms with Gasteiger partial charge in [0.2, 0.25) is 0 Å². The molecule has 1 heterocycles. The Bertz CT molecular complexity index is 442. The predicted octanol–water partition coefficient (Wildman–Crippen LogP) is 3.49. The van der Waals surface area contributed by atoms with E-state index in [1.165, 1.54) is 6.20 Å². The molecule has 0 aliphatic heterocycles. The lowest BCUT2D eigenvalue weighted by molar-refractivity contribution is 0.621. The average Bonchev–Trinajstić information content (AvgIpc) is 2.23. The quantitative estimate of drug-likeness (QED) is 0.735. The Hall–Kier alpha value is -0.970. The van der Waals surface area contributed by atoms with Crippen LogP contribution in [0.3, 0.4) is 0 Å². The van der Waals surface area contributed by atoms with Gasteiger partial charge in [-0.15, -0.1) is 0 Å². The van der Waals surface area contributed by atoms with Crippen LogP contribution < -0.4 is 0 Å². The second-order valence-corrected chi connectivity index (χ2v) is 4.01. The molecule has 0 atom stereocenters. The third-order valence-corrected chi connectivity index (χ3v) is 2.67. The summed E-state index contributed by atoms with van der Waals surface area (Å²) in [7, 11) is 0. The molecule has 0 unspecified atom stereocenters.